The lowest BCUT2D eigenvalue weighted by Gasteiger charge is -2.06. The van der Waals surface area contributed by atoms with Crippen LogP contribution in [0, 0.1) is 0 Å². The van der Waals surface area contributed by atoms with Crippen LogP contribution in [-0.2, 0) is 9.47 Å². The van der Waals surface area contributed by atoms with Crippen LogP contribution in [0.2, 0.25) is 0 Å². The van der Waals surface area contributed by atoms with E-state index in [0.717, 1.165) is 25.7 Å². The van der Waals surface area contributed by atoms with Crippen molar-refractivity contribution in [1.29, 1.82) is 0 Å². The first-order valence-electron chi connectivity index (χ1n) is 10.00. The molecule has 0 saturated carbocycles. The average molecular weight is 363 g/mol. The van der Waals surface area contributed by atoms with Crippen molar-refractivity contribution in [3.8, 4) is 0 Å². The van der Waals surface area contributed by atoms with Gasteiger partial charge in [-0.15, -0.1) is 0 Å². The van der Waals surface area contributed by atoms with Gasteiger partial charge in [-0.2, -0.15) is 0 Å². The Bertz CT molecular complexity index is 530. The lowest BCUT2D eigenvalue weighted by atomic mass is 10.1. The summed E-state index contributed by atoms with van der Waals surface area (Å²) in [5.41, 5.74) is 0.289. The van der Waals surface area contributed by atoms with Gasteiger partial charge in [-0.25, -0.2) is 14.6 Å². The summed E-state index contributed by atoms with van der Waals surface area (Å²) in [4.78, 5) is 28.0. The molecule has 0 fully saturated rings. The molecule has 1 rings (SSSR count). The Hall–Kier alpha value is -1.91. The predicted molar refractivity (Wildman–Crippen MR) is 102 cm³/mol. The number of unbranched alkanes of at least 4 members (excludes halogenated alkanes) is 8. The van der Waals surface area contributed by atoms with Gasteiger partial charge in [-0.1, -0.05) is 71.3 Å². The van der Waals surface area contributed by atoms with Gasteiger partial charge in [0.15, 0.2) is 0 Å². The van der Waals surface area contributed by atoms with Crippen LogP contribution in [0.3, 0.4) is 0 Å². The molecule has 5 heteroatoms. The molecule has 0 bridgehead atoms. The molecule has 146 valence electrons. The molecule has 0 unspecified atom stereocenters. The topological polar surface area (TPSA) is 65.5 Å². The first kappa shape index (κ1) is 22.1. The van der Waals surface area contributed by atoms with Crippen LogP contribution >= 0.6 is 0 Å². The standard InChI is InChI=1S/C21H33NO4/c1-3-5-7-8-9-10-11-12-17-26-21(24)19-15-13-14-18(22-19)20(23)25-16-6-4-2/h13-15H,3-12,16-17H2,1-2H3. The molecule has 0 aromatic carbocycles. The Balaban J connectivity index is 2.26. The van der Waals surface area contributed by atoms with E-state index in [1.54, 1.807) is 18.2 Å². The van der Waals surface area contributed by atoms with Crippen LogP contribution in [0.25, 0.3) is 0 Å². The highest BCUT2D eigenvalue weighted by atomic mass is 16.5. The van der Waals surface area contributed by atoms with E-state index in [9.17, 15) is 9.59 Å². The van der Waals surface area contributed by atoms with Gasteiger partial charge in [0.25, 0.3) is 0 Å². The largest absolute Gasteiger partial charge is 0.461 e. The fraction of sp³-hybridized carbons (Fsp3) is 0.667. The first-order valence-corrected chi connectivity index (χ1v) is 10.00. The number of aromatic nitrogens is 1. The molecule has 26 heavy (non-hydrogen) atoms. The van der Waals surface area contributed by atoms with Crippen molar-refractivity contribution in [3.63, 3.8) is 0 Å². The minimum Gasteiger partial charge on any atom is -0.461 e. The van der Waals surface area contributed by atoms with Gasteiger partial charge in [-0.3, -0.25) is 0 Å². The third kappa shape index (κ3) is 9.54. The SMILES string of the molecule is CCCCCCCCCCOC(=O)c1cccc(C(=O)OCCCC)n1. The van der Waals surface area contributed by atoms with E-state index >= 15 is 0 Å². The fourth-order valence-electron chi connectivity index (χ4n) is 2.52. The van der Waals surface area contributed by atoms with Crippen LogP contribution in [0.4, 0.5) is 0 Å². The van der Waals surface area contributed by atoms with Crippen molar-refractivity contribution in [2.45, 2.75) is 78.1 Å². The van der Waals surface area contributed by atoms with E-state index in [1.165, 1.54) is 38.5 Å². The van der Waals surface area contributed by atoms with Crippen molar-refractivity contribution >= 4 is 11.9 Å². The summed E-state index contributed by atoms with van der Waals surface area (Å²) in [6.45, 7) is 4.99. The minimum atomic E-state index is -0.504. The van der Waals surface area contributed by atoms with Crippen molar-refractivity contribution < 1.29 is 19.1 Å². The summed E-state index contributed by atoms with van der Waals surface area (Å²) in [6, 6.07) is 4.72. The van der Waals surface area contributed by atoms with Crippen molar-refractivity contribution in [2.75, 3.05) is 13.2 Å². The maximum atomic E-state index is 12.1. The smallest absolute Gasteiger partial charge is 0.356 e. The van der Waals surface area contributed by atoms with Gasteiger partial charge >= 0.3 is 11.9 Å². The fourth-order valence-corrected chi connectivity index (χ4v) is 2.52. The number of ether oxygens (including phenoxy) is 2. The highest BCUT2D eigenvalue weighted by Crippen LogP contribution is 2.09. The second-order valence-electron chi connectivity index (χ2n) is 6.51. The summed E-state index contributed by atoms with van der Waals surface area (Å²) >= 11 is 0. The van der Waals surface area contributed by atoms with Crippen LogP contribution in [0.5, 0.6) is 0 Å². The quantitative estimate of drug-likeness (QED) is 0.330. The molecule has 0 atom stereocenters. The molecule has 5 nitrogen and oxygen atoms in total. The Morgan fingerprint density at radius 2 is 1.19 bits per heavy atom. The molecule has 0 radical (unpaired) electrons. The second-order valence-corrected chi connectivity index (χ2v) is 6.51. The number of rotatable bonds is 14. The van der Waals surface area contributed by atoms with E-state index < -0.39 is 11.9 Å². The number of hydrogen-bond acceptors (Lipinski definition) is 5. The van der Waals surface area contributed by atoms with Crippen LogP contribution < -0.4 is 0 Å². The Kier molecular flexibility index (Phi) is 12.2. The van der Waals surface area contributed by atoms with Gasteiger partial charge in [0.1, 0.15) is 11.4 Å². The molecule has 0 amide bonds. The number of hydrogen-bond donors (Lipinski definition) is 0. The van der Waals surface area contributed by atoms with E-state index in [1.807, 2.05) is 6.92 Å². The number of nitrogens with zero attached hydrogens (tertiary/aromatic N) is 1. The number of esters is 2. The summed E-state index contributed by atoms with van der Waals surface area (Å²) in [6.07, 6.45) is 11.3. The highest BCUT2D eigenvalue weighted by Gasteiger charge is 2.14. The van der Waals surface area contributed by atoms with Crippen LogP contribution in [-0.4, -0.2) is 30.1 Å². The van der Waals surface area contributed by atoms with E-state index in [0.29, 0.717) is 13.2 Å². The monoisotopic (exact) mass is 363 g/mol. The molecular formula is C21H33NO4. The predicted octanol–water partition coefficient (Wildman–Crippen LogP) is 5.34. The van der Waals surface area contributed by atoms with Gasteiger partial charge in [0.05, 0.1) is 13.2 Å². The molecule has 0 spiro atoms. The zero-order valence-electron chi connectivity index (χ0n) is 16.3. The van der Waals surface area contributed by atoms with Gasteiger partial charge in [0, 0.05) is 0 Å². The molecular weight excluding hydrogens is 330 g/mol. The minimum absolute atomic E-state index is 0.141. The maximum Gasteiger partial charge on any atom is 0.356 e. The molecule has 0 N–H and O–H groups in total. The molecule has 0 saturated heterocycles. The lowest BCUT2D eigenvalue weighted by Crippen LogP contribution is -2.13. The van der Waals surface area contributed by atoms with Crippen molar-refractivity contribution in [1.82, 2.24) is 4.98 Å². The summed E-state index contributed by atoms with van der Waals surface area (Å²) in [7, 11) is 0. The molecule has 1 aromatic rings. The molecule has 0 aliphatic carbocycles. The molecule has 1 aromatic heterocycles. The Morgan fingerprint density at radius 1 is 0.731 bits per heavy atom. The second kappa shape index (κ2) is 14.3. The molecule has 0 aliphatic heterocycles. The Labute approximate surface area is 157 Å². The van der Waals surface area contributed by atoms with Crippen molar-refractivity contribution in [3.05, 3.63) is 29.6 Å². The molecule has 1 heterocycles. The normalized spacial score (nSPS) is 10.5. The maximum absolute atomic E-state index is 12.1. The zero-order valence-corrected chi connectivity index (χ0v) is 16.3. The zero-order chi connectivity index (χ0) is 19.0. The van der Waals surface area contributed by atoms with Crippen LogP contribution in [0.1, 0.15) is 99.0 Å². The number of carbonyl (C=O) groups is 2. The highest BCUT2D eigenvalue weighted by molar-refractivity contribution is 5.91. The number of carbonyl (C=O) groups excluding carboxylic acids is 2. The van der Waals surface area contributed by atoms with E-state index in [-0.39, 0.29) is 11.4 Å². The van der Waals surface area contributed by atoms with E-state index in [4.69, 9.17) is 9.47 Å². The van der Waals surface area contributed by atoms with Gasteiger partial charge < -0.3 is 9.47 Å². The Morgan fingerprint density at radius 3 is 1.73 bits per heavy atom. The molecule has 0 aliphatic rings. The third-order valence-electron chi connectivity index (χ3n) is 4.13. The first-order chi connectivity index (χ1) is 12.7. The summed E-state index contributed by atoms with van der Waals surface area (Å²) < 4.78 is 10.4. The average Bonchev–Trinajstić information content (AvgIpc) is 2.66. The lowest BCUT2D eigenvalue weighted by molar-refractivity contribution is 0.0483. The van der Waals surface area contributed by atoms with E-state index in [2.05, 4.69) is 11.9 Å². The van der Waals surface area contributed by atoms with Crippen molar-refractivity contribution in [2.24, 2.45) is 0 Å². The van der Waals surface area contributed by atoms with Gasteiger partial charge in [0.2, 0.25) is 0 Å². The summed E-state index contributed by atoms with van der Waals surface area (Å²) in [5, 5.41) is 0. The number of pyridine rings is 1. The van der Waals surface area contributed by atoms with Gasteiger partial charge in [-0.05, 0) is 25.0 Å². The summed E-state index contributed by atoms with van der Waals surface area (Å²) in [5.74, 6) is -0.993. The third-order valence-corrected chi connectivity index (χ3v) is 4.13. The van der Waals surface area contributed by atoms with Crippen LogP contribution in [0.15, 0.2) is 18.2 Å².